The Labute approximate surface area is 192 Å². The van der Waals surface area contributed by atoms with Crippen molar-refractivity contribution in [3.63, 3.8) is 0 Å². The van der Waals surface area contributed by atoms with Gasteiger partial charge in [-0.2, -0.15) is 0 Å². The number of aliphatic carboxylic acids is 1. The maximum atomic E-state index is 12.8. The average Bonchev–Trinajstić information content (AvgIpc) is 3.53. The van der Waals surface area contributed by atoms with Crippen LogP contribution in [0.5, 0.6) is 0 Å². The summed E-state index contributed by atoms with van der Waals surface area (Å²) >= 11 is 0. The molecule has 5 rings (SSSR count). The maximum absolute atomic E-state index is 12.8. The standard InChI is InChI=1S/C26H28N2O5/c29-22(27-16-26(12-13-26)23(30)31)25(10-5-11-25)15-28-24(32)33-14-21-19-8-3-1-6-17(19)18-7-2-4-9-20(18)21/h1-4,6-9,21H,5,10-16H2,(H,27,29)(H,28,32)(H,30,31). The van der Waals surface area contributed by atoms with Gasteiger partial charge in [-0.05, 0) is 47.9 Å². The highest BCUT2D eigenvalue weighted by Crippen LogP contribution is 2.46. The molecule has 0 aromatic heterocycles. The summed E-state index contributed by atoms with van der Waals surface area (Å²) in [5.74, 6) is -1.06. The van der Waals surface area contributed by atoms with E-state index in [0.717, 1.165) is 17.5 Å². The summed E-state index contributed by atoms with van der Waals surface area (Å²) in [7, 11) is 0. The predicted molar refractivity (Wildman–Crippen MR) is 122 cm³/mol. The van der Waals surface area contributed by atoms with Gasteiger partial charge in [0, 0.05) is 19.0 Å². The van der Waals surface area contributed by atoms with Crippen LogP contribution >= 0.6 is 0 Å². The first-order valence-corrected chi connectivity index (χ1v) is 11.5. The largest absolute Gasteiger partial charge is 0.481 e. The third kappa shape index (κ3) is 3.86. The van der Waals surface area contributed by atoms with Gasteiger partial charge in [0.1, 0.15) is 6.61 Å². The van der Waals surface area contributed by atoms with E-state index in [1.54, 1.807) is 0 Å². The third-order valence-corrected chi connectivity index (χ3v) is 7.60. The van der Waals surface area contributed by atoms with E-state index >= 15 is 0 Å². The number of fused-ring (bicyclic) bond motifs is 3. The lowest BCUT2D eigenvalue weighted by atomic mass is 9.68. The molecule has 2 amide bonds. The van der Waals surface area contributed by atoms with Gasteiger partial charge in [0.2, 0.25) is 5.91 Å². The number of hydrogen-bond donors (Lipinski definition) is 3. The van der Waals surface area contributed by atoms with Gasteiger partial charge in [-0.15, -0.1) is 0 Å². The van der Waals surface area contributed by atoms with Gasteiger partial charge in [0.15, 0.2) is 0 Å². The molecule has 2 saturated carbocycles. The van der Waals surface area contributed by atoms with Crippen molar-refractivity contribution in [2.45, 2.75) is 38.0 Å². The Morgan fingerprint density at radius 2 is 1.42 bits per heavy atom. The second-order valence-electron chi connectivity index (χ2n) is 9.58. The fourth-order valence-corrected chi connectivity index (χ4v) is 5.03. The zero-order valence-electron chi connectivity index (χ0n) is 18.4. The summed E-state index contributed by atoms with van der Waals surface area (Å²) in [6, 6.07) is 16.3. The second-order valence-corrected chi connectivity index (χ2v) is 9.58. The van der Waals surface area contributed by atoms with Gasteiger partial charge in [-0.1, -0.05) is 55.0 Å². The zero-order valence-corrected chi connectivity index (χ0v) is 18.4. The van der Waals surface area contributed by atoms with Crippen molar-refractivity contribution in [1.29, 1.82) is 0 Å². The summed E-state index contributed by atoms with van der Waals surface area (Å²) in [6.45, 7) is 0.559. The van der Waals surface area contributed by atoms with E-state index in [-0.39, 0.29) is 31.5 Å². The zero-order chi connectivity index (χ0) is 23.1. The minimum Gasteiger partial charge on any atom is -0.481 e. The van der Waals surface area contributed by atoms with E-state index in [1.165, 1.54) is 11.1 Å². The first-order chi connectivity index (χ1) is 15.9. The molecule has 0 radical (unpaired) electrons. The lowest BCUT2D eigenvalue weighted by Gasteiger charge is -2.40. The van der Waals surface area contributed by atoms with Crippen molar-refractivity contribution in [3.8, 4) is 11.1 Å². The minimum absolute atomic E-state index is 0.0186. The molecule has 7 heteroatoms. The van der Waals surface area contributed by atoms with Crippen LogP contribution in [-0.4, -0.2) is 42.8 Å². The average molecular weight is 449 g/mol. The molecule has 3 aliphatic rings. The van der Waals surface area contributed by atoms with Crippen LogP contribution in [0, 0.1) is 10.8 Å². The van der Waals surface area contributed by atoms with Crippen molar-refractivity contribution in [3.05, 3.63) is 59.7 Å². The molecule has 0 bridgehead atoms. The van der Waals surface area contributed by atoms with Crippen molar-refractivity contribution in [2.75, 3.05) is 19.7 Å². The molecule has 0 heterocycles. The van der Waals surface area contributed by atoms with Gasteiger partial charge in [-0.3, -0.25) is 9.59 Å². The molecule has 3 aliphatic carbocycles. The highest BCUT2D eigenvalue weighted by Gasteiger charge is 2.52. The number of carbonyl (C=O) groups excluding carboxylic acids is 2. The number of carboxylic acids is 1. The number of nitrogens with one attached hydrogen (secondary N) is 2. The fraction of sp³-hybridized carbons (Fsp3) is 0.423. The summed E-state index contributed by atoms with van der Waals surface area (Å²) in [5, 5.41) is 14.9. The molecule has 0 aliphatic heterocycles. The van der Waals surface area contributed by atoms with E-state index in [2.05, 4.69) is 34.9 Å². The number of alkyl carbamates (subject to hydrolysis) is 1. The molecule has 0 saturated heterocycles. The van der Waals surface area contributed by atoms with Gasteiger partial charge < -0.3 is 20.5 Å². The lowest BCUT2D eigenvalue weighted by Crippen LogP contribution is -2.53. The van der Waals surface area contributed by atoms with E-state index in [4.69, 9.17) is 4.74 Å². The molecule has 0 unspecified atom stereocenters. The molecule has 172 valence electrons. The SMILES string of the molecule is O=C(NCC1(C(=O)NCC2(C(=O)O)CC2)CCC1)OCC1c2ccccc2-c2ccccc21. The smallest absolute Gasteiger partial charge is 0.407 e. The Balaban J connectivity index is 1.16. The summed E-state index contributed by atoms with van der Waals surface area (Å²) < 4.78 is 5.58. The molecule has 0 atom stereocenters. The summed E-state index contributed by atoms with van der Waals surface area (Å²) in [4.78, 5) is 36.7. The van der Waals surface area contributed by atoms with Crippen LogP contribution in [0.15, 0.2) is 48.5 Å². The number of hydrogen-bond acceptors (Lipinski definition) is 4. The molecule has 3 N–H and O–H groups in total. The van der Waals surface area contributed by atoms with Crippen molar-refractivity contribution in [2.24, 2.45) is 10.8 Å². The first-order valence-electron chi connectivity index (χ1n) is 11.5. The minimum atomic E-state index is -0.859. The van der Waals surface area contributed by atoms with Gasteiger partial charge in [0.25, 0.3) is 0 Å². The van der Waals surface area contributed by atoms with Crippen LogP contribution in [0.25, 0.3) is 11.1 Å². The lowest BCUT2D eigenvalue weighted by molar-refractivity contribution is -0.144. The van der Waals surface area contributed by atoms with Crippen LogP contribution in [-0.2, 0) is 14.3 Å². The molecule has 0 spiro atoms. The normalized spacial score (nSPS) is 18.9. The molecule has 7 nitrogen and oxygen atoms in total. The Hall–Kier alpha value is -3.35. The third-order valence-electron chi connectivity index (χ3n) is 7.60. The Morgan fingerprint density at radius 3 is 1.94 bits per heavy atom. The van der Waals surface area contributed by atoms with Crippen LogP contribution < -0.4 is 10.6 Å². The number of amides is 2. The summed E-state index contributed by atoms with van der Waals surface area (Å²) in [5.41, 5.74) is 3.15. The number of benzene rings is 2. The maximum Gasteiger partial charge on any atom is 0.407 e. The van der Waals surface area contributed by atoms with E-state index in [1.807, 2.05) is 24.3 Å². The fourth-order valence-electron chi connectivity index (χ4n) is 5.03. The van der Waals surface area contributed by atoms with E-state index in [9.17, 15) is 19.5 Å². The highest BCUT2D eigenvalue weighted by molar-refractivity contribution is 5.86. The monoisotopic (exact) mass is 448 g/mol. The van der Waals surface area contributed by atoms with Crippen LogP contribution in [0.3, 0.4) is 0 Å². The Bertz CT molecular complexity index is 1060. The molecule has 2 fully saturated rings. The molecular weight excluding hydrogens is 420 g/mol. The topological polar surface area (TPSA) is 105 Å². The Kier molecular flexibility index (Phi) is 5.35. The van der Waals surface area contributed by atoms with Crippen LogP contribution in [0.4, 0.5) is 4.79 Å². The van der Waals surface area contributed by atoms with E-state index < -0.39 is 22.9 Å². The van der Waals surface area contributed by atoms with Crippen molar-refractivity contribution < 1.29 is 24.2 Å². The second kappa shape index (κ2) is 8.21. The predicted octanol–water partition coefficient (Wildman–Crippen LogP) is 3.68. The van der Waals surface area contributed by atoms with Gasteiger partial charge >= 0.3 is 12.1 Å². The number of rotatable bonds is 8. The molecule has 33 heavy (non-hydrogen) atoms. The van der Waals surface area contributed by atoms with Crippen molar-refractivity contribution in [1.82, 2.24) is 10.6 Å². The number of carboxylic acid groups (broad SMARTS) is 1. The van der Waals surface area contributed by atoms with Crippen LogP contribution in [0.2, 0.25) is 0 Å². The Morgan fingerprint density at radius 1 is 0.848 bits per heavy atom. The highest BCUT2D eigenvalue weighted by atomic mass is 16.5. The first kappa shape index (κ1) is 21.5. The quantitative estimate of drug-likeness (QED) is 0.572. The van der Waals surface area contributed by atoms with Gasteiger partial charge in [0.05, 0.1) is 10.8 Å². The van der Waals surface area contributed by atoms with Crippen molar-refractivity contribution >= 4 is 18.0 Å². The number of carbonyl (C=O) groups is 3. The number of ether oxygens (including phenoxy) is 1. The van der Waals surface area contributed by atoms with Crippen LogP contribution in [0.1, 0.15) is 49.1 Å². The summed E-state index contributed by atoms with van der Waals surface area (Å²) in [6.07, 6.45) is 2.89. The molecular formula is C26H28N2O5. The molecule has 2 aromatic carbocycles. The van der Waals surface area contributed by atoms with E-state index in [0.29, 0.717) is 25.7 Å². The van der Waals surface area contributed by atoms with Gasteiger partial charge in [-0.25, -0.2) is 4.79 Å². The molecule has 2 aromatic rings.